The first kappa shape index (κ1) is 15.5. The van der Waals surface area contributed by atoms with Crippen molar-refractivity contribution in [3.63, 3.8) is 0 Å². The maximum atomic E-state index is 12.1. The number of hydrogen-bond acceptors (Lipinski definition) is 2. The summed E-state index contributed by atoms with van der Waals surface area (Å²) in [5.41, 5.74) is 0.669. The number of Topliss-reactive ketones (excluding diaryl/α,β-unsaturated/α-hetero) is 1. The molecule has 100 valence electrons. The molecule has 2 rings (SSSR count). The molecular weight excluding hydrogens is 269 g/mol. The lowest BCUT2D eigenvalue weighted by Crippen LogP contribution is -2.33. The van der Waals surface area contributed by atoms with Gasteiger partial charge in [0, 0.05) is 18.5 Å². The van der Waals surface area contributed by atoms with Gasteiger partial charge < -0.3 is 4.90 Å². The largest absolute Gasteiger partial charge is 0.306 e. The zero-order valence-electron chi connectivity index (χ0n) is 10.6. The predicted molar refractivity (Wildman–Crippen MR) is 77.9 cm³/mol. The van der Waals surface area contributed by atoms with Crippen molar-refractivity contribution >= 4 is 29.8 Å². The summed E-state index contributed by atoms with van der Waals surface area (Å²) in [6, 6.07) is 7.32. The summed E-state index contributed by atoms with van der Waals surface area (Å²) < 4.78 is 0. The molecule has 0 amide bonds. The van der Waals surface area contributed by atoms with Crippen LogP contribution in [0.1, 0.15) is 29.6 Å². The van der Waals surface area contributed by atoms with E-state index in [9.17, 15) is 4.79 Å². The van der Waals surface area contributed by atoms with E-state index in [1.165, 1.54) is 6.42 Å². The first-order valence-electron chi connectivity index (χ1n) is 6.13. The van der Waals surface area contributed by atoms with Crippen LogP contribution >= 0.6 is 24.0 Å². The van der Waals surface area contributed by atoms with Crippen molar-refractivity contribution < 1.29 is 4.79 Å². The van der Waals surface area contributed by atoms with E-state index in [1.54, 1.807) is 6.07 Å². The van der Waals surface area contributed by atoms with E-state index in [-0.39, 0.29) is 18.2 Å². The quantitative estimate of drug-likeness (QED) is 0.791. The Morgan fingerprint density at radius 2 is 2.17 bits per heavy atom. The fourth-order valence-electron chi connectivity index (χ4n) is 2.50. The van der Waals surface area contributed by atoms with Gasteiger partial charge >= 0.3 is 0 Å². The van der Waals surface area contributed by atoms with Gasteiger partial charge in [0.25, 0.3) is 0 Å². The minimum atomic E-state index is 0. The van der Waals surface area contributed by atoms with Crippen molar-refractivity contribution in [2.75, 3.05) is 20.1 Å². The van der Waals surface area contributed by atoms with Gasteiger partial charge in [-0.3, -0.25) is 4.79 Å². The SMILES string of the molecule is CN1CCCC(CC(=O)c2ccccc2Cl)C1.Cl. The molecule has 18 heavy (non-hydrogen) atoms. The zero-order valence-corrected chi connectivity index (χ0v) is 12.1. The average Bonchev–Trinajstić information content (AvgIpc) is 2.29. The molecule has 1 aliphatic rings. The van der Waals surface area contributed by atoms with Gasteiger partial charge in [0.1, 0.15) is 0 Å². The van der Waals surface area contributed by atoms with Crippen LogP contribution in [0.3, 0.4) is 0 Å². The third-order valence-corrected chi connectivity index (χ3v) is 3.70. The molecule has 1 fully saturated rings. The van der Waals surface area contributed by atoms with Crippen LogP contribution in [-0.2, 0) is 0 Å². The Bertz CT molecular complexity index is 409. The predicted octanol–water partition coefficient (Wildman–Crippen LogP) is 3.68. The second-order valence-electron chi connectivity index (χ2n) is 4.88. The van der Waals surface area contributed by atoms with Gasteiger partial charge in [-0.1, -0.05) is 23.7 Å². The summed E-state index contributed by atoms with van der Waals surface area (Å²) in [4.78, 5) is 14.4. The molecule has 0 radical (unpaired) electrons. The molecule has 0 N–H and O–H groups in total. The van der Waals surface area contributed by atoms with E-state index in [0.29, 0.717) is 22.9 Å². The summed E-state index contributed by atoms with van der Waals surface area (Å²) in [7, 11) is 2.12. The van der Waals surface area contributed by atoms with Crippen molar-refractivity contribution in [3.8, 4) is 0 Å². The van der Waals surface area contributed by atoms with Crippen LogP contribution in [0.5, 0.6) is 0 Å². The molecule has 1 heterocycles. The molecule has 0 saturated carbocycles. The van der Waals surface area contributed by atoms with Gasteiger partial charge in [0.15, 0.2) is 5.78 Å². The highest BCUT2D eigenvalue weighted by atomic mass is 35.5. The highest BCUT2D eigenvalue weighted by Crippen LogP contribution is 2.23. The number of carbonyl (C=O) groups is 1. The summed E-state index contributed by atoms with van der Waals surface area (Å²) in [6.07, 6.45) is 2.96. The number of likely N-dealkylation sites (tertiary alicyclic amines) is 1. The van der Waals surface area contributed by atoms with E-state index in [4.69, 9.17) is 11.6 Å². The molecule has 2 nitrogen and oxygen atoms in total. The monoisotopic (exact) mass is 287 g/mol. The fraction of sp³-hybridized carbons (Fsp3) is 0.500. The molecular formula is C14H19Cl2NO. The van der Waals surface area contributed by atoms with E-state index >= 15 is 0 Å². The Labute approximate surface area is 120 Å². The summed E-state index contributed by atoms with van der Waals surface area (Å²) in [6.45, 7) is 2.17. The molecule has 1 saturated heterocycles. The highest BCUT2D eigenvalue weighted by Gasteiger charge is 2.21. The molecule has 4 heteroatoms. The number of nitrogens with zero attached hydrogens (tertiary/aromatic N) is 1. The van der Waals surface area contributed by atoms with Crippen LogP contribution in [0.4, 0.5) is 0 Å². The number of rotatable bonds is 3. The summed E-state index contributed by atoms with van der Waals surface area (Å²) >= 11 is 6.03. The zero-order chi connectivity index (χ0) is 12.3. The van der Waals surface area contributed by atoms with E-state index in [1.807, 2.05) is 18.2 Å². The lowest BCUT2D eigenvalue weighted by molar-refractivity contribution is 0.0930. The van der Waals surface area contributed by atoms with Gasteiger partial charge in [-0.25, -0.2) is 0 Å². The Morgan fingerprint density at radius 1 is 1.44 bits per heavy atom. The maximum absolute atomic E-state index is 12.1. The lowest BCUT2D eigenvalue weighted by Gasteiger charge is -2.29. The molecule has 1 unspecified atom stereocenters. The van der Waals surface area contributed by atoms with Crippen LogP contribution in [0, 0.1) is 5.92 Å². The van der Waals surface area contributed by atoms with Crippen LogP contribution in [-0.4, -0.2) is 30.8 Å². The minimum absolute atomic E-state index is 0. The van der Waals surface area contributed by atoms with Gasteiger partial charge in [-0.05, 0) is 44.5 Å². The van der Waals surface area contributed by atoms with Gasteiger partial charge in [-0.2, -0.15) is 0 Å². The second kappa shape index (κ2) is 7.13. The van der Waals surface area contributed by atoms with Crippen molar-refractivity contribution in [2.24, 2.45) is 5.92 Å². The minimum Gasteiger partial charge on any atom is -0.306 e. The Balaban J connectivity index is 0.00000162. The Kier molecular flexibility index (Phi) is 6.13. The van der Waals surface area contributed by atoms with E-state index in [2.05, 4.69) is 11.9 Å². The molecule has 0 aromatic heterocycles. The van der Waals surface area contributed by atoms with Crippen LogP contribution in [0.15, 0.2) is 24.3 Å². The molecule has 1 atom stereocenters. The van der Waals surface area contributed by atoms with Crippen molar-refractivity contribution in [1.82, 2.24) is 4.90 Å². The lowest BCUT2D eigenvalue weighted by atomic mass is 9.91. The maximum Gasteiger partial charge on any atom is 0.164 e. The molecule has 0 aliphatic carbocycles. The number of piperidine rings is 1. The first-order chi connectivity index (χ1) is 8.16. The molecule has 0 bridgehead atoms. The number of hydrogen-bond donors (Lipinski definition) is 0. The van der Waals surface area contributed by atoms with Crippen molar-refractivity contribution in [3.05, 3.63) is 34.9 Å². The third-order valence-electron chi connectivity index (χ3n) is 3.37. The van der Waals surface area contributed by atoms with Gasteiger partial charge in [0.05, 0.1) is 5.02 Å². The van der Waals surface area contributed by atoms with Crippen LogP contribution in [0.25, 0.3) is 0 Å². The molecule has 1 aliphatic heterocycles. The van der Waals surface area contributed by atoms with Gasteiger partial charge in [-0.15, -0.1) is 12.4 Å². The molecule has 0 spiro atoms. The summed E-state index contributed by atoms with van der Waals surface area (Å²) in [5.74, 6) is 0.661. The van der Waals surface area contributed by atoms with Gasteiger partial charge in [0.2, 0.25) is 0 Å². The highest BCUT2D eigenvalue weighted by molar-refractivity contribution is 6.33. The number of ketones is 1. The normalized spacial score (nSPS) is 20.2. The first-order valence-corrected chi connectivity index (χ1v) is 6.51. The number of carbonyl (C=O) groups excluding carboxylic acids is 1. The summed E-state index contributed by atoms with van der Waals surface area (Å²) in [5, 5.41) is 0.571. The van der Waals surface area contributed by atoms with Crippen molar-refractivity contribution in [2.45, 2.75) is 19.3 Å². The second-order valence-corrected chi connectivity index (χ2v) is 5.28. The third kappa shape index (κ3) is 3.98. The van der Waals surface area contributed by atoms with E-state index in [0.717, 1.165) is 19.5 Å². The standard InChI is InChI=1S/C14H18ClNO.ClH/c1-16-8-4-5-11(10-16)9-14(17)12-6-2-3-7-13(12)15;/h2-3,6-7,11H,4-5,8-10H2,1H3;1H. The van der Waals surface area contributed by atoms with Crippen molar-refractivity contribution in [1.29, 1.82) is 0 Å². The smallest absolute Gasteiger partial charge is 0.164 e. The Hall–Kier alpha value is -0.570. The van der Waals surface area contributed by atoms with E-state index < -0.39 is 0 Å². The van der Waals surface area contributed by atoms with Crippen LogP contribution < -0.4 is 0 Å². The molecule has 1 aromatic rings. The number of halogens is 2. The fourth-order valence-corrected chi connectivity index (χ4v) is 2.74. The topological polar surface area (TPSA) is 20.3 Å². The number of benzene rings is 1. The van der Waals surface area contributed by atoms with Crippen LogP contribution in [0.2, 0.25) is 5.02 Å². The molecule has 1 aromatic carbocycles. The Morgan fingerprint density at radius 3 is 2.83 bits per heavy atom. The average molecular weight is 288 g/mol.